The molecule has 2 amide bonds. The fourth-order valence-electron chi connectivity index (χ4n) is 4.65. The van der Waals surface area contributed by atoms with E-state index < -0.39 is 24.4 Å². The number of amides is 2. The average Bonchev–Trinajstić information content (AvgIpc) is 3.25. The first kappa shape index (κ1) is 26.4. The van der Waals surface area contributed by atoms with Crippen LogP contribution >= 0.6 is 23.2 Å². The van der Waals surface area contributed by atoms with E-state index in [9.17, 15) is 19.2 Å². The van der Waals surface area contributed by atoms with Crippen LogP contribution in [0.5, 0.6) is 0 Å². The van der Waals surface area contributed by atoms with Crippen LogP contribution in [0.15, 0.2) is 97.1 Å². The Kier molecular flexibility index (Phi) is 6.83. The largest absolute Gasteiger partial charge is 0.454 e. The Balaban J connectivity index is 1.29. The number of esters is 1. The van der Waals surface area contributed by atoms with Crippen molar-refractivity contribution in [3.63, 3.8) is 0 Å². The van der Waals surface area contributed by atoms with E-state index >= 15 is 0 Å². The number of ketones is 1. The highest BCUT2D eigenvalue weighted by molar-refractivity contribution is 6.34. The third kappa shape index (κ3) is 4.97. The zero-order valence-corrected chi connectivity index (χ0v) is 22.6. The number of fused-ring (bicyclic) bond motifs is 2. The van der Waals surface area contributed by atoms with Crippen molar-refractivity contribution in [2.75, 3.05) is 11.5 Å². The first-order chi connectivity index (χ1) is 19.8. The van der Waals surface area contributed by atoms with Crippen LogP contribution < -0.4 is 4.90 Å². The summed E-state index contributed by atoms with van der Waals surface area (Å²) in [6, 6.07) is 26.2. The highest BCUT2D eigenvalue weighted by Gasteiger charge is 2.36. The topological polar surface area (TPSA) is 93.6 Å². The maximum atomic E-state index is 13.2. The number of anilines is 1. The van der Waals surface area contributed by atoms with Crippen molar-refractivity contribution < 1.29 is 23.9 Å². The molecular weight excluding hydrogens is 563 g/mol. The summed E-state index contributed by atoms with van der Waals surface area (Å²) >= 11 is 12.1. The van der Waals surface area contributed by atoms with Crippen LogP contribution in [0.1, 0.15) is 41.4 Å². The Morgan fingerprint density at radius 3 is 2.05 bits per heavy atom. The van der Waals surface area contributed by atoms with Gasteiger partial charge in [0.15, 0.2) is 12.4 Å². The predicted octanol–water partition coefficient (Wildman–Crippen LogP) is 7.05. The van der Waals surface area contributed by atoms with Crippen LogP contribution in [0.4, 0.5) is 5.69 Å². The highest BCUT2D eigenvalue weighted by Crippen LogP contribution is 2.32. The number of nitrogens with zero attached hydrogens (tertiary/aromatic N) is 2. The van der Waals surface area contributed by atoms with Gasteiger partial charge in [-0.1, -0.05) is 47.5 Å². The van der Waals surface area contributed by atoms with Crippen molar-refractivity contribution in [3.8, 4) is 11.3 Å². The highest BCUT2D eigenvalue weighted by atomic mass is 35.5. The molecule has 0 saturated heterocycles. The standard InChI is InChI=1S/C32H18Cl2N2O5/c33-20-9-5-19(6-10-20)29(37)17-41-32(40)26-16-28(35-27-14-11-21(34)15-25(26)27)18-7-12-22(13-8-18)36-30(38)23-3-1-2-4-24(23)31(36)39/h1-16H,17H2. The van der Waals surface area contributed by atoms with E-state index in [0.29, 0.717) is 54.6 Å². The normalized spacial score (nSPS) is 12.5. The van der Waals surface area contributed by atoms with Crippen molar-refractivity contribution in [1.82, 2.24) is 4.98 Å². The van der Waals surface area contributed by atoms with E-state index in [1.807, 2.05) is 0 Å². The maximum Gasteiger partial charge on any atom is 0.339 e. The quantitative estimate of drug-likeness (QED) is 0.121. The lowest BCUT2D eigenvalue weighted by molar-refractivity contribution is 0.0476. The lowest BCUT2D eigenvalue weighted by atomic mass is 10.0. The molecule has 0 fully saturated rings. The van der Waals surface area contributed by atoms with Crippen LogP contribution in [0, 0.1) is 0 Å². The van der Waals surface area contributed by atoms with Gasteiger partial charge in [-0.2, -0.15) is 0 Å². The van der Waals surface area contributed by atoms with Crippen LogP contribution in [0.25, 0.3) is 22.2 Å². The SMILES string of the molecule is O=C(COC(=O)c1cc(-c2ccc(N3C(=O)c4ccccc4C3=O)cc2)nc2ccc(Cl)cc12)c1ccc(Cl)cc1. The van der Waals surface area contributed by atoms with Crippen molar-refractivity contribution in [3.05, 3.63) is 129 Å². The second kappa shape index (κ2) is 10.6. The van der Waals surface area contributed by atoms with Gasteiger partial charge >= 0.3 is 5.97 Å². The molecule has 0 unspecified atom stereocenters. The van der Waals surface area contributed by atoms with Gasteiger partial charge in [0.2, 0.25) is 0 Å². The van der Waals surface area contributed by atoms with Gasteiger partial charge in [0.05, 0.1) is 33.6 Å². The molecule has 0 N–H and O–H groups in total. The molecule has 41 heavy (non-hydrogen) atoms. The Labute approximate surface area is 243 Å². The first-order valence-corrected chi connectivity index (χ1v) is 13.2. The van der Waals surface area contributed by atoms with Crippen molar-refractivity contribution in [1.29, 1.82) is 0 Å². The Morgan fingerprint density at radius 1 is 0.756 bits per heavy atom. The summed E-state index contributed by atoms with van der Waals surface area (Å²) in [5.74, 6) is -1.88. The number of hydrogen-bond acceptors (Lipinski definition) is 6. The number of benzene rings is 4. The fraction of sp³-hybridized carbons (Fsp3) is 0.0312. The minimum atomic E-state index is -0.717. The number of pyridine rings is 1. The lowest BCUT2D eigenvalue weighted by Gasteiger charge is -2.15. The number of ether oxygens (including phenoxy) is 1. The van der Waals surface area contributed by atoms with Gasteiger partial charge in [-0.3, -0.25) is 14.4 Å². The second-order valence-corrected chi connectivity index (χ2v) is 10.1. The van der Waals surface area contributed by atoms with Gasteiger partial charge in [0.1, 0.15) is 0 Å². The first-order valence-electron chi connectivity index (χ1n) is 12.4. The fourth-order valence-corrected chi connectivity index (χ4v) is 4.95. The maximum absolute atomic E-state index is 13.2. The molecule has 0 atom stereocenters. The Morgan fingerprint density at radius 2 is 1.39 bits per heavy atom. The molecule has 200 valence electrons. The number of aromatic nitrogens is 1. The smallest absolute Gasteiger partial charge is 0.339 e. The van der Waals surface area contributed by atoms with Crippen molar-refractivity contribution >= 4 is 63.4 Å². The van der Waals surface area contributed by atoms with E-state index in [0.717, 1.165) is 4.90 Å². The number of rotatable bonds is 6. The van der Waals surface area contributed by atoms with Crippen LogP contribution in [0.2, 0.25) is 10.0 Å². The molecule has 5 aromatic rings. The molecule has 1 aliphatic heterocycles. The molecule has 1 aliphatic rings. The molecule has 0 bridgehead atoms. The number of imide groups is 1. The van der Waals surface area contributed by atoms with Crippen LogP contribution in [-0.2, 0) is 4.74 Å². The third-order valence-corrected chi connectivity index (χ3v) is 7.19. The monoisotopic (exact) mass is 580 g/mol. The molecule has 2 heterocycles. The van der Waals surface area contributed by atoms with Gasteiger partial charge in [-0.25, -0.2) is 14.7 Å². The number of halogens is 2. The number of carbonyl (C=O) groups excluding carboxylic acids is 4. The van der Waals surface area contributed by atoms with E-state index in [1.165, 1.54) is 0 Å². The summed E-state index contributed by atoms with van der Waals surface area (Å²) < 4.78 is 5.38. The van der Waals surface area contributed by atoms with E-state index in [2.05, 4.69) is 4.98 Å². The molecule has 1 aromatic heterocycles. The van der Waals surface area contributed by atoms with Crippen molar-refractivity contribution in [2.45, 2.75) is 0 Å². The van der Waals surface area contributed by atoms with Gasteiger partial charge in [-0.15, -0.1) is 0 Å². The molecule has 7 nitrogen and oxygen atoms in total. The summed E-state index contributed by atoms with van der Waals surface area (Å²) in [7, 11) is 0. The molecule has 6 rings (SSSR count). The minimum Gasteiger partial charge on any atom is -0.454 e. The number of Topliss-reactive ketones (excluding diaryl/α,β-unsaturated/α-hetero) is 1. The summed E-state index contributed by atoms with van der Waals surface area (Å²) in [6.45, 7) is -0.463. The van der Waals surface area contributed by atoms with Crippen molar-refractivity contribution in [2.24, 2.45) is 0 Å². The van der Waals surface area contributed by atoms with Gasteiger partial charge in [-0.05, 0) is 72.8 Å². The minimum absolute atomic E-state index is 0.181. The second-order valence-electron chi connectivity index (χ2n) is 9.26. The van der Waals surface area contributed by atoms with Crippen LogP contribution in [0.3, 0.4) is 0 Å². The average molecular weight is 581 g/mol. The van der Waals surface area contributed by atoms with E-state index in [4.69, 9.17) is 27.9 Å². The molecule has 9 heteroatoms. The van der Waals surface area contributed by atoms with Gasteiger partial charge in [0.25, 0.3) is 11.8 Å². The molecule has 0 spiro atoms. The molecule has 4 aromatic carbocycles. The predicted molar refractivity (Wildman–Crippen MR) is 156 cm³/mol. The molecule has 0 saturated carbocycles. The Hall–Kier alpha value is -4.85. The number of carbonyl (C=O) groups is 4. The zero-order chi connectivity index (χ0) is 28.7. The zero-order valence-electron chi connectivity index (χ0n) is 21.1. The summed E-state index contributed by atoms with van der Waals surface area (Å²) in [6.07, 6.45) is 0. The number of hydrogen-bond donors (Lipinski definition) is 0. The molecule has 0 aliphatic carbocycles. The Bertz CT molecular complexity index is 1850. The third-order valence-electron chi connectivity index (χ3n) is 6.71. The summed E-state index contributed by atoms with van der Waals surface area (Å²) in [5, 5.41) is 1.36. The van der Waals surface area contributed by atoms with Gasteiger partial charge in [0, 0.05) is 26.6 Å². The lowest BCUT2D eigenvalue weighted by Crippen LogP contribution is -2.29. The van der Waals surface area contributed by atoms with Gasteiger partial charge < -0.3 is 4.74 Å². The molecular formula is C32H18Cl2N2O5. The van der Waals surface area contributed by atoms with Crippen LogP contribution in [-0.4, -0.2) is 35.2 Å². The van der Waals surface area contributed by atoms with E-state index in [1.54, 1.807) is 97.1 Å². The summed E-state index contributed by atoms with van der Waals surface area (Å²) in [4.78, 5) is 57.3. The molecule has 0 radical (unpaired) electrons. The summed E-state index contributed by atoms with van der Waals surface area (Å²) in [5.41, 5.74) is 3.24. The van der Waals surface area contributed by atoms with E-state index in [-0.39, 0.29) is 11.3 Å².